The van der Waals surface area contributed by atoms with Gasteiger partial charge in [-0.1, -0.05) is 13.0 Å². The minimum atomic E-state index is -0.290. The number of aromatic nitrogens is 4. The number of benzene rings is 3. The number of hydrogen-bond donors (Lipinski definition) is 2. The van der Waals surface area contributed by atoms with Crippen molar-refractivity contribution in [2.75, 3.05) is 11.9 Å². The number of nitrogens with zero attached hydrogens (tertiary/aromatic N) is 3. The van der Waals surface area contributed by atoms with E-state index in [1.807, 2.05) is 41.1 Å². The average Bonchev–Trinajstić information content (AvgIpc) is 3.49. The Morgan fingerprint density at radius 2 is 1.85 bits per heavy atom. The average molecular weight is 436 g/mol. The van der Waals surface area contributed by atoms with Crippen molar-refractivity contribution in [1.82, 2.24) is 19.5 Å². The SMILES string of the molecule is CCCNc1ccc(-n2cnc3cnc4cc(F)c(-c5ccc6[nH]ccc6c5)cc4c32)cc1. The highest BCUT2D eigenvalue weighted by molar-refractivity contribution is 6.04. The number of anilines is 1. The van der Waals surface area contributed by atoms with Gasteiger partial charge in [-0.25, -0.2) is 9.37 Å². The highest BCUT2D eigenvalue weighted by atomic mass is 19.1. The quantitative estimate of drug-likeness (QED) is 0.317. The Bertz CT molecular complexity index is 1610. The van der Waals surface area contributed by atoms with E-state index in [9.17, 15) is 0 Å². The van der Waals surface area contributed by atoms with Crippen molar-refractivity contribution in [2.45, 2.75) is 13.3 Å². The van der Waals surface area contributed by atoms with Gasteiger partial charge < -0.3 is 10.3 Å². The van der Waals surface area contributed by atoms with Crippen LogP contribution in [0.1, 0.15) is 13.3 Å². The summed E-state index contributed by atoms with van der Waals surface area (Å²) in [5.41, 5.74) is 6.77. The minimum absolute atomic E-state index is 0.290. The minimum Gasteiger partial charge on any atom is -0.385 e. The molecular formula is C27H22FN5. The third-order valence-electron chi connectivity index (χ3n) is 6.05. The highest BCUT2D eigenvalue weighted by Gasteiger charge is 2.15. The second kappa shape index (κ2) is 7.74. The lowest BCUT2D eigenvalue weighted by Gasteiger charge is -2.11. The molecule has 0 bridgehead atoms. The van der Waals surface area contributed by atoms with Crippen LogP contribution in [0.25, 0.3) is 49.7 Å². The molecule has 0 aliphatic heterocycles. The molecule has 0 atom stereocenters. The zero-order valence-corrected chi connectivity index (χ0v) is 18.1. The fourth-order valence-electron chi connectivity index (χ4n) is 4.36. The molecule has 0 saturated heterocycles. The van der Waals surface area contributed by atoms with Crippen molar-refractivity contribution in [3.05, 3.63) is 85.2 Å². The van der Waals surface area contributed by atoms with Gasteiger partial charge in [-0.05, 0) is 65.9 Å². The molecule has 2 N–H and O–H groups in total. The number of hydrogen-bond acceptors (Lipinski definition) is 3. The van der Waals surface area contributed by atoms with E-state index >= 15 is 4.39 Å². The molecule has 0 saturated carbocycles. The molecule has 0 aliphatic carbocycles. The fourth-order valence-corrected chi connectivity index (χ4v) is 4.36. The first kappa shape index (κ1) is 19.5. The summed E-state index contributed by atoms with van der Waals surface area (Å²) in [5.74, 6) is -0.290. The number of nitrogens with one attached hydrogen (secondary N) is 2. The lowest BCUT2D eigenvalue weighted by Crippen LogP contribution is -2.00. The molecule has 0 fully saturated rings. The largest absolute Gasteiger partial charge is 0.385 e. The first-order chi connectivity index (χ1) is 16.2. The fraction of sp³-hybridized carbons (Fsp3) is 0.111. The van der Waals surface area contributed by atoms with E-state index in [4.69, 9.17) is 0 Å². The van der Waals surface area contributed by atoms with Crippen LogP contribution in [0.2, 0.25) is 0 Å². The second-order valence-corrected chi connectivity index (χ2v) is 8.21. The number of rotatable bonds is 5. The summed E-state index contributed by atoms with van der Waals surface area (Å²) in [6.45, 7) is 3.08. The number of pyridine rings is 1. The van der Waals surface area contributed by atoms with Gasteiger partial charge in [0.05, 0.1) is 17.2 Å². The van der Waals surface area contributed by atoms with Crippen LogP contribution in [0.15, 0.2) is 79.4 Å². The third kappa shape index (κ3) is 3.31. The molecule has 6 rings (SSSR count). The van der Waals surface area contributed by atoms with Gasteiger partial charge in [0, 0.05) is 46.6 Å². The zero-order chi connectivity index (χ0) is 22.4. The van der Waals surface area contributed by atoms with Crippen LogP contribution < -0.4 is 5.32 Å². The normalized spacial score (nSPS) is 11.6. The molecule has 5 nitrogen and oxygen atoms in total. The molecule has 162 valence electrons. The summed E-state index contributed by atoms with van der Waals surface area (Å²) >= 11 is 0. The molecule has 0 aliphatic rings. The Kier molecular flexibility index (Phi) is 4.57. The Balaban J connectivity index is 1.52. The monoisotopic (exact) mass is 435 g/mol. The molecular weight excluding hydrogens is 413 g/mol. The van der Waals surface area contributed by atoms with Gasteiger partial charge in [-0.3, -0.25) is 9.55 Å². The molecule has 3 aromatic heterocycles. The van der Waals surface area contributed by atoms with Crippen molar-refractivity contribution >= 4 is 38.5 Å². The van der Waals surface area contributed by atoms with Crippen molar-refractivity contribution in [3.8, 4) is 16.8 Å². The van der Waals surface area contributed by atoms with E-state index in [1.165, 1.54) is 6.07 Å². The van der Waals surface area contributed by atoms with Crippen LogP contribution in [0, 0.1) is 5.82 Å². The number of H-pyrrole nitrogens is 1. The van der Waals surface area contributed by atoms with Gasteiger partial charge in [-0.15, -0.1) is 0 Å². The zero-order valence-electron chi connectivity index (χ0n) is 18.1. The van der Waals surface area contributed by atoms with E-state index in [0.717, 1.165) is 57.2 Å². The van der Waals surface area contributed by atoms with E-state index in [-0.39, 0.29) is 5.82 Å². The maximum Gasteiger partial charge on any atom is 0.133 e. The van der Waals surface area contributed by atoms with Crippen molar-refractivity contribution in [2.24, 2.45) is 0 Å². The van der Waals surface area contributed by atoms with Crippen LogP contribution >= 0.6 is 0 Å². The maximum absolute atomic E-state index is 15.1. The topological polar surface area (TPSA) is 58.5 Å². The Morgan fingerprint density at radius 1 is 0.970 bits per heavy atom. The van der Waals surface area contributed by atoms with Crippen LogP contribution in [0.4, 0.5) is 10.1 Å². The van der Waals surface area contributed by atoms with Gasteiger partial charge in [0.1, 0.15) is 17.7 Å². The number of aromatic amines is 1. The van der Waals surface area contributed by atoms with Crippen LogP contribution in [0.3, 0.4) is 0 Å². The van der Waals surface area contributed by atoms with E-state index in [2.05, 4.69) is 51.5 Å². The van der Waals surface area contributed by atoms with Gasteiger partial charge in [0.15, 0.2) is 0 Å². The number of halogens is 1. The summed E-state index contributed by atoms with van der Waals surface area (Å²) in [6.07, 6.45) is 6.47. The highest BCUT2D eigenvalue weighted by Crippen LogP contribution is 2.33. The predicted octanol–water partition coefficient (Wildman–Crippen LogP) is 6.68. The molecule has 6 heteroatoms. The summed E-state index contributed by atoms with van der Waals surface area (Å²) in [6, 6.07) is 19.6. The summed E-state index contributed by atoms with van der Waals surface area (Å²) in [7, 11) is 0. The van der Waals surface area contributed by atoms with Crippen LogP contribution in [-0.2, 0) is 0 Å². The van der Waals surface area contributed by atoms with Gasteiger partial charge in [-0.2, -0.15) is 0 Å². The lowest BCUT2D eigenvalue weighted by atomic mass is 10.0. The van der Waals surface area contributed by atoms with Crippen LogP contribution in [0.5, 0.6) is 0 Å². The smallest absolute Gasteiger partial charge is 0.133 e. The Hall–Kier alpha value is -4.19. The van der Waals surface area contributed by atoms with E-state index in [1.54, 1.807) is 12.5 Å². The van der Waals surface area contributed by atoms with Crippen molar-refractivity contribution < 1.29 is 4.39 Å². The maximum atomic E-state index is 15.1. The summed E-state index contributed by atoms with van der Waals surface area (Å²) < 4.78 is 17.2. The third-order valence-corrected chi connectivity index (χ3v) is 6.05. The number of imidazole rings is 1. The van der Waals surface area contributed by atoms with Gasteiger partial charge in [0.2, 0.25) is 0 Å². The van der Waals surface area contributed by atoms with Crippen LogP contribution in [-0.4, -0.2) is 26.1 Å². The molecule has 0 unspecified atom stereocenters. The Morgan fingerprint density at radius 3 is 2.70 bits per heavy atom. The molecule has 0 amide bonds. The predicted molar refractivity (Wildman–Crippen MR) is 132 cm³/mol. The second-order valence-electron chi connectivity index (χ2n) is 8.21. The van der Waals surface area contributed by atoms with E-state index < -0.39 is 0 Å². The standard InChI is InChI=1S/C27H22FN5/c1-2-10-29-19-4-6-20(7-5-19)33-16-32-26-15-31-25-14-23(28)21(13-22(25)27(26)33)17-3-8-24-18(12-17)9-11-30-24/h3-9,11-16,29-30H,2,10H2,1H3. The summed E-state index contributed by atoms with van der Waals surface area (Å²) in [5, 5.41) is 5.31. The summed E-state index contributed by atoms with van der Waals surface area (Å²) in [4.78, 5) is 12.2. The molecule has 33 heavy (non-hydrogen) atoms. The molecule has 0 spiro atoms. The van der Waals surface area contributed by atoms with Crippen molar-refractivity contribution in [1.29, 1.82) is 0 Å². The molecule has 6 aromatic rings. The first-order valence-electron chi connectivity index (χ1n) is 11.1. The van der Waals surface area contributed by atoms with Crippen molar-refractivity contribution in [3.63, 3.8) is 0 Å². The lowest BCUT2D eigenvalue weighted by molar-refractivity contribution is 0.633. The van der Waals surface area contributed by atoms with Gasteiger partial charge >= 0.3 is 0 Å². The molecule has 0 radical (unpaired) electrons. The Labute approximate surface area is 189 Å². The first-order valence-corrected chi connectivity index (χ1v) is 11.1. The molecule has 3 aromatic carbocycles. The van der Waals surface area contributed by atoms with Gasteiger partial charge in [0.25, 0.3) is 0 Å². The van der Waals surface area contributed by atoms with E-state index in [0.29, 0.717) is 11.1 Å². The number of fused-ring (bicyclic) bond motifs is 4. The molecule has 3 heterocycles.